The third-order valence-corrected chi connectivity index (χ3v) is 3.47. The van der Waals surface area contributed by atoms with Crippen LogP contribution in [0.3, 0.4) is 0 Å². The molecule has 1 aromatic heterocycles. The molecule has 1 atom stereocenters. The predicted molar refractivity (Wildman–Crippen MR) is 86.8 cm³/mol. The fourth-order valence-electron chi connectivity index (χ4n) is 2.46. The van der Waals surface area contributed by atoms with Gasteiger partial charge in [0.15, 0.2) is 11.8 Å². The number of hydrogen-bond donors (Lipinski definition) is 2. The van der Waals surface area contributed by atoms with Gasteiger partial charge in [-0.2, -0.15) is 5.10 Å². The van der Waals surface area contributed by atoms with Crippen LogP contribution in [-0.2, 0) is 24.3 Å². The zero-order chi connectivity index (χ0) is 15.9. The molecule has 2 heterocycles. The summed E-state index contributed by atoms with van der Waals surface area (Å²) in [6.45, 7) is 9.41. The minimum Gasteiger partial charge on any atom is -0.377 e. The summed E-state index contributed by atoms with van der Waals surface area (Å²) in [5, 5.41) is 11.3. The number of aryl methyl sites for hydroxylation is 1. The van der Waals surface area contributed by atoms with Crippen molar-refractivity contribution in [1.29, 1.82) is 0 Å². The number of ether oxygens (including phenoxy) is 1. The van der Waals surface area contributed by atoms with Crippen LogP contribution in [0.2, 0.25) is 0 Å². The number of guanidine groups is 1. The average Bonchev–Trinajstić information content (AvgIpc) is 2.87. The number of methoxy groups -OCH3 is 1. The lowest BCUT2D eigenvalue weighted by Gasteiger charge is -2.25. The van der Waals surface area contributed by atoms with Crippen LogP contribution in [0.5, 0.6) is 0 Å². The molecule has 7 nitrogen and oxygen atoms in total. The Morgan fingerprint density at radius 1 is 1.50 bits per heavy atom. The molecule has 0 saturated heterocycles. The van der Waals surface area contributed by atoms with Gasteiger partial charge in [0.1, 0.15) is 12.4 Å². The monoisotopic (exact) mass is 308 g/mol. The molecule has 1 aliphatic rings. The van der Waals surface area contributed by atoms with E-state index < -0.39 is 0 Å². The van der Waals surface area contributed by atoms with E-state index in [0.29, 0.717) is 18.6 Å². The predicted octanol–water partition coefficient (Wildman–Crippen LogP) is 0.950. The Morgan fingerprint density at radius 2 is 2.32 bits per heavy atom. The highest BCUT2D eigenvalue weighted by Gasteiger charge is 2.22. The van der Waals surface area contributed by atoms with Crippen molar-refractivity contribution in [2.45, 2.75) is 52.8 Å². The van der Waals surface area contributed by atoms with Gasteiger partial charge in [0, 0.05) is 32.7 Å². The molecule has 0 aromatic carbocycles. The second kappa shape index (κ2) is 8.12. The fraction of sp³-hybridized carbons (Fsp3) is 0.800. The Bertz CT molecular complexity index is 496. The van der Waals surface area contributed by atoms with Gasteiger partial charge in [-0.3, -0.25) is 4.99 Å². The zero-order valence-corrected chi connectivity index (χ0v) is 14.1. The summed E-state index contributed by atoms with van der Waals surface area (Å²) < 4.78 is 7.09. The highest BCUT2D eigenvalue weighted by molar-refractivity contribution is 5.80. The number of rotatable bonds is 6. The van der Waals surface area contributed by atoms with Crippen LogP contribution in [0, 0.1) is 5.92 Å². The molecule has 2 N–H and O–H groups in total. The van der Waals surface area contributed by atoms with Gasteiger partial charge in [0.05, 0.1) is 6.54 Å². The highest BCUT2D eigenvalue weighted by Crippen LogP contribution is 2.13. The fourth-order valence-corrected chi connectivity index (χ4v) is 2.46. The van der Waals surface area contributed by atoms with Crippen molar-refractivity contribution in [2.24, 2.45) is 10.9 Å². The number of hydrogen-bond acceptors (Lipinski definition) is 4. The molecular formula is C15H28N6O. The van der Waals surface area contributed by atoms with E-state index in [4.69, 9.17) is 4.74 Å². The van der Waals surface area contributed by atoms with Gasteiger partial charge in [-0.05, 0) is 19.3 Å². The minimum atomic E-state index is 0.328. The molecule has 1 aromatic rings. The summed E-state index contributed by atoms with van der Waals surface area (Å²) in [5.41, 5.74) is 0. The van der Waals surface area contributed by atoms with E-state index in [1.165, 1.54) is 0 Å². The summed E-state index contributed by atoms with van der Waals surface area (Å²) in [7, 11) is 1.66. The van der Waals surface area contributed by atoms with Crippen molar-refractivity contribution in [3.05, 3.63) is 11.6 Å². The van der Waals surface area contributed by atoms with Gasteiger partial charge in [0.25, 0.3) is 0 Å². The van der Waals surface area contributed by atoms with Crippen molar-refractivity contribution in [3.63, 3.8) is 0 Å². The van der Waals surface area contributed by atoms with Gasteiger partial charge in [-0.1, -0.05) is 13.8 Å². The largest absolute Gasteiger partial charge is 0.377 e. The van der Waals surface area contributed by atoms with Crippen LogP contribution in [0.15, 0.2) is 4.99 Å². The Kier molecular flexibility index (Phi) is 6.18. The molecule has 0 fully saturated rings. The normalized spacial score (nSPS) is 18.4. The lowest BCUT2D eigenvalue weighted by atomic mass is 10.1. The summed E-state index contributed by atoms with van der Waals surface area (Å²) in [6.07, 6.45) is 1.97. The number of aliphatic imine (C=N–C) groups is 1. The SMILES string of the molecule is CCNC(=NCC(C)C)NC1CCc2nc(COC)nn2C1. The summed E-state index contributed by atoms with van der Waals surface area (Å²) in [5.74, 6) is 3.26. The summed E-state index contributed by atoms with van der Waals surface area (Å²) in [6, 6.07) is 0.328. The van der Waals surface area contributed by atoms with Gasteiger partial charge >= 0.3 is 0 Å². The first-order chi connectivity index (χ1) is 10.6. The van der Waals surface area contributed by atoms with E-state index in [1.54, 1.807) is 7.11 Å². The number of nitrogens with one attached hydrogen (secondary N) is 2. The standard InChI is InChI=1S/C15H28N6O/c1-5-16-15(17-8-11(2)3)18-12-6-7-14-19-13(10-22-4)20-21(14)9-12/h11-12H,5-10H2,1-4H3,(H2,16,17,18). The van der Waals surface area contributed by atoms with Crippen LogP contribution >= 0.6 is 0 Å². The first-order valence-corrected chi connectivity index (χ1v) is 8.08. The molecule has 1 unspecified atom stereocenters. The van der Waals surface area contributed by atoms with Gasteiger partial charge in [-0.15, -0.1) is 0 Å². The second-order valence-electron chi connectivity index (χ2n) is 6.05. The van der Waals surface area contributed by atoms with E-state index in [9.17, 15) is 0 Å². The molecule has 0 amide bonds. The van der Waals surface area contributed by atoms with Crippen molar-refractivity contribution in [3.8, 4) is 0 Å². The van der Waals surface area contributed by atoms with Crippen LogP contribution in [0.1, 0.15) is 38.8 Å². The molecule has 0 saturated carbocycles. The smallest absolute Gasteiger partial charge is 0.191 e. The Morgan fingerprint density at radius 3 is 3.00 bits per heavy atom. The van der Waals surface area contributed by atoms with Crippen molar-refractivity contribution >= 4 is 5.96 Å². The third-order valence-electron chi connectivity index (χ3n) is 3.47. The van der Waals surface area contributed by atoms with Crippen LogP contribution in [0.4, 0.5) is 0 Å². The van der Waals surface area contributed by atoms with Crippen LogP contribution in [0.25, 0.3) is 0 Å². The quantitative estimate of drug-likeness (QED) is 0.604. The topological polar surface area (TPSA) is 76.4 Å². The summed E-state index contributed by atoms with van der Waals surface area (Å²) >= 11 is 0. The molecule has 22 heavy (non-hydrogen) atoms. The molecule has 0 bridgehead atoms. The van der Waals surface area contributed by atoms with Crippen molar-refractivity contribution in [1.82, 2.24) is 25.4 Å². The maximum absolute atomic E-state index is 5.10. The van der Waals surface area contributed by atoms with Crippen LogP contribution in [-0.4, -0.2) is 47.0 Å². The van der Waals surface area contributed by atoms with E-state index in [0.717, 1.165) is 50.1 Å². The molecular weight excluding hydrogens is 280 g/mol. The van der Waals surface area contributed by atoms with Crippen LogP contribution < -0.4 is 10.6 Å². The first kappa shape index (κ1) is 16.7. The average molecular weight is 308 g/mol. The molecule has 7 heteroatoms. The molecule has 124 valence electrons. The lowest BCUT2D eigenvalue weighted by Crippen LogP contribution is -2.47. The maximum Gasteiger partial charge on any atom is 0.191 e. The third kappa shape index (κ3) is 4.69. The minimum absolute atomic E-state index is 0.328. The zero-order valence-electron chi connectivity index (χ0n) is 14.1. The van der Waals surface area contributed by atoms with E-state index in [2.05, 4.69) is 46.5 Å². The van der Waals surface area contributed by atoms with Gasteiger partial charge in [0.2, 0.25) is 0 Å². The number of fused-ring (bicyclic) bond motifs is 1. The van der Waals surface area contributed by atoms with Crippen molar-refractivity contribution < 1.29 is 4.74 Å². The molecule has 0 spiro atoms. The molecule has 1 aliphatic heterocycles. The number of aromatic nitrogens is 3. The van der Waals surface area contributed by atoms with E-state index in [-0.39, 0.29) is 0 Å². The molecule has 0 aliphatic carbocycles. The molecule has 2 rings (SSSR count). The highest BCUT2D eigenvalue weighted by atomic mass is 16.5. The van der Waals surface area contributed by atoms with E-state index >= 15 is 0 Å². The van der Waals surface area contributed by atoms with Gasteiger partial charge in [-0.25, -0.2) is 9.67 Å². The second-order valence-corrected chi connectivity index (χ2v) is 6.05. The Hall–Kier alpha value is -1.63. The van der Waals surface area contributed by atoms with Gasteiger partial charge < -0.3 is 15.4 Å². The Labute approximate surface area is 132 Å². The number of nitrogens with zero attached hydrogens (tertiary/aromatic N) is 4. The summed E-state index contributed by atoms with van der Waals surface area (Å²) in [4.78, 5) is 9.13. The van der Waals surface area contributed by atoms with Crippen molar-refractivity contribution in [2.75, 3.05) is 20.2 Å². The molecule has 0 radical (unpaired) electrons. The first-order valence-electron chi connectivity index (χ1n) is 8.08. The Balaban J connectivity index is 1.96. The van der Waals surface area contributed by atoms with E-state index in [1.807, 2.05) is 4.68 Å². The maximum atomic E-state index is 5.10. The lowest BCUT2D eigenvalue weighted by molar-refractivity contribution is 0.177.